The molecule has 32 heavy (non-hydrogen) atoms. The molecule has 0 radical (unpaired) electrons. The maximum absolute atomic E-state index is 13.7. The zero-order valence-corrected chi connectivity index (χ0v) is 18.4. The summed E-state index contributed by atoms with van der Waals surface area (Å²) in [4.78, 5) is 41.8. The molecule has 166 valence electrons. The van der Waals surface area contributed by atoms with Gasteiger partial charge in [0.05, 0.1) is 17.9 Å². The van der Waals surface area contributed by atoms with Gasteiger partial charge in [0.15, 0.2) is 0 Å². The minimum Gasteiger partial charge on any atom is -0.392 e. The number of imide groups is 1. The molecule has 2 aromatic rings. The Morgan fingerprint density at radius 2 is 1.81 bits per heavy atom. The van der Waals surface area contributed by atoms with Gasteiger partial charge >= 0.3 is 0 Å². The smallest absolute Gasteiger partial charge is 0.250 e. The zero-order valence-electron chi connectivity index (χ0n) is 18.4. The predicted molar refractivity (Wildman–Crippen MR) is 119 cm³/mol. The Labute approximate surface area is 186 Å². The number of hydrogen-bond acceptors (Lipinski definition) is 5. The standard InChI is InChI=1S/C25H27N3O4/c1-13-11-14(2)20-17(12-13)25(24(32)26-20)19-18(21(27-25)15(3)29)22(30)28(23(19)31)10-9-16-7-5-4-6-8-16/h4-8,11-12,15,18-19,21,27,29H,9-10H2,1-3H3,(H,26,32)/t15-,18+,19-,21-,25-/m1/s1. The molecule has 2 aromatic carbocycles. The average molecular weight is 434 g/mol. The fourth-order valence-corrected chi connectivity index (χ4v) is 5.77. The van der Waals surface area contributed by atoms with Gasteiger partial charge in [-0.3, -0.25) is 24.6 Å². The zero-order chi connectivity index (χ0) is 22.8. The van der Waals surface area contributed by atoms with E-state index in [0.29, 0.717) is 17.7 Å². The number of aliphatic hydroxyl groups is 1. The second-order valence-electron chi connectivity index (χ2n) is 9.24. The first kappa shape index (κ1) is 20.8. The van der Waals surface area contributed by atoms with Crippen LogP contribution in [-0.2, 0) is 26.3 Å². The van der Waals surface area contributed by atoms with Crippen LogP contribution in [0.25, 0.3) is 0 Å². The maximum atomic E-state index is 13.7. The number of carbonyl (C=O) groups excluding carboxylic acids is 3. The Kier molecular flexibility index (Phi) is 4.72. The van der Waals surface area contributed by atoms with Crippen molar-refractivity contribution in [3.63, 3.8) is 0 Å². The summed E-state index contributed by atoms with van der Waals surface area (Å²) in [7, 11) is 0. The molecule has 0 aromatic heterocycles. The van der Waals surface area contributed by atoms with E-state index < -0.39 is 29.5 Å². The SMILES string of the molecule is Cc1cc(C)c2c(c1)[C@]1(N[C@H]([C@@H](C)O)[C@H]3C(=O)N(CCc4ccccc4)C(=O)[C@@H]31)C(=O)N2. The Morgan fingerprint density at radius 1 is 1.09 bits per heavy atom. The molecule has 3 amide bonds. The van der Waals surface area contributed by atoms with Gasteiger partial charge in [0, 0.05) is 23.8 Å². The lowest BCUT2D eigenvalue weighted by atomic mass is 9.75. The quantitative estimate of drug-likeness (QED) is 0.637. The van der Waals surface area contributed by atoms with E-state index in [1.165, 1.54) is 4.90 Å². The number of rotatable bonds is 4. The van der Waals surface area contributed by atoms with Crippen molar-refractivity contribution < 1.29 is 19.5 Å². The number of amides is 3. The number of hydrogen-bond donors (Lipinski definition) is 3. The van der Waals surface area contributed by atoms with E-state index in [2.05, 4.69) is 10.6 Å². The summed E-state index contributed by atoms with van der Waals surface area (Å²) in [6.45, 7) is 5.69. The average Bonchev–Trinajstić information content (AvgIpc) is 3.34. The van der Waals surface area contributed by atoms with Gasteiger partial charge in [-0.15, -0.1) is 0 Å². The largest absolute Gasteiger partial charge is 0.392 e. The summed E-state index contributed by atoms with van der Waals surface area (Å²) in [5, 5.41) is 16.7. The van der Waals surface area contributed by atoms with Crippen molar-refractivity contribution in [2.75, 3.05) is 11.9 Å². The number of anilines is 1. The van der Waals surface area contributed by atoms with Crippen LogP contribution in [0.15, 0.2) is 42.5 Å². The first-order valence-electron chi connectivity index (χ1n) is 11.0. The van der Waals surface area contributed by atoms with Gasteiger partial charge in [0.2, 0.25) is 17.7 Å². The number of likely N-dealkylation sites (tertiary alicyclic amines) is 1. The van der Waals surface area contributed by atoms with Crippen LogP contribution in [0.4, 0.5) is 5.69 Å². The monoisotopic (exact) mass is 433 g/mol. The third-order valence-electron chi connectivity index (χ3n) is 7.18. The third-order valence-corrected chi connectivity index (χ3v) is 7.18. The molecule has 0 saturated carbocycles. The second kappa shape index (κ2) is 7.25. The molecule has 1 spiro atoms. The molecule has 2 saturated heterocycles. The molecule has 3 N–H and O–H groups in total. The van der Waals surface area contributed by atoms with E-state index in [1.807, 2.05) is 56.3 Å². The van der Waals surface area contributed by atoms with Crippen molar-refractivity contribution in [2.24, 2.45) is 11.8 Å². The van der Waals surface area contributed by atoms with E-state index in [1.54, 1.807) is 6.92 Å². The fraction of sp³-hybridized carbons (Fsp3) is 0.400. The Bertz CT molecular complexity index is 1130. The molecule has 5 rings (SSSR count). The molecule has 0 aliphatic carbocycles. The van der Waals surface area contributed by atoms with Gasteiger partial charge in [-0.1, -0.05) is 48.0 Å². The highest BCUT2D eigenvalue weighted by molar-refractivity contribution is 6.15. The highest BCUT2D eigenvalue weighted by Gasteiger charge is 2.71. The van der Waals surface area contributed by atoms with Crippen molar-refractivity contribution in [1.29, 1.82) is 0 Å². The molecule has 3 aliphatic heterocycles. The summed E-state index contributed by atoms with van der Waals surface area (Å²) in [6.07, 6.45) is -0.367. The molecule has 0 unspecified atom stereocenters. The predicted octanol–water partition coefficient (Wildman–Crippen LogP) is 1.65. The molecular weight excluding hydrogens is 406 g/mol. The number of aliphatic hydroxyl groups excluding tert-OH is 1. The van der Waals surface area contributed by atoms with Crippen molar-refractivity contribution in [2.45, 2.75) is 44.9 Å². The third kappa shape index (κ3) is 2.77. The molecule has 7 nitrogen and oxygen atoms in total. The number of carbonyl (C=O) groups is 3. The first-order chi connectivity index (χ1) is 15.3. The number of aryl methyl sites for hydroxylation is 2. The lowest BCUT2D eigenvalue weighted by Gasteiger charge is -2.30. The number of benzene rings is 2. The van der Waals surface area contributed by atoms with Crippen LogP contribution >= 0.6 is 0 Å². The van der Waals surface area contributed by atoms with E-state index in [-0.39, 0.29) is 24.3 Å². The van der Waals surface area contributed by atoms with Crippen LogP contribution < -0.4 is 10.6 Å². The lowest BCUT2D eigenvalue weighted by Crippen LogP contribution is -2.55. The van der Waals surface area contributed by atoms with E-state index in [4.69, 9.17) is 0 Å². The fourth-order valence-electron chi connectivity index (χ4n) is 5.77. The molecular formula is C25H27N3O4. The van der Waals surface area contributed by atoms with Crippen molar-refractivity contribution in [3.8, 4) is 0 Å². The van der Waals surface area contributed by atoms with E-state index in [0.717, 1.165) is 16.7 Å². The van der Waals surface area contributed by atoms with Crippen molar-refractivity contribution in [3.05, 3.63) is 64.7 Å². The topological polar surface area (TPSA) is 98.7 Å². The van der Waals surface area contributed by atoms with Gasteiger partial charge in [-0.25, -0.2) is 0 Å². The summed E-state index contributed by atoms with van der Waals surface area (Å²) >= 11 is 0. The number of nitrogens with one attached hydrogen (secondary N) is 2. The van der Waals surface area contributed by atoms with E-state index >= 15 is 0 Å². The minimum atomic E-state index is -1.37. The van der Waals surface area contributed by atoms with Crippen LogP contribution in [0.3, 0.4) is 0 Å². The summed E-state index contributed by atoms with van der Waals surface area (Å²) in [5.74, 6) is -2.71. The van der Waals surface area contributed by atoms with Crippen LogP contribution in [0.5, 0.6) is 0 Å². The maximum Gasteiger partial charge on any atom is 0.250 e. The van der Waals surface area contributed by atoms with Crippen molar-refractivity contribution in [1.82, 2.24) is 10.2 Å². The van der Waals surface area contributed by atoms with Gasteiger partial charge in [0.25, 0.3) is 0 Å². The van der Waals surface area contributed by atoms with Crippen LogP contribution in [-0.4, -0.2) is 46.4 Å². The molecule has 3 aliphatic rings. The first-order valence-corrected chi connectivity index (χ1v) is 11.0. The molecule has 5 atom stereocenters. The molecule has 3 heterocycles. The highest BCUT2D eigenvalue weighted by Crippen LogP contribution is 2.54. The lowest BCUT2D eigenvalue weighted by molar-refractivity contribution is -0.143. The van der Waals surface area contributed by atoms with Gasteiger partial charge in [-0.2, -0.15) is 0 Å². The number of nitrogens with zero attached hydrogens (tertiary/aromatic N) is 1. The number of fused-ring (bicyclic) bond motifs is 4. The van der Waals surface area contributed by atoms with Crippen LogP contribution in [0.2, 0.25) is 0 Å². The summed E-state index contributed by atoms with van der Waals surface area (Å²) in [6, 6.07) is 12.9. The van der Waals surface area contributed by atoms with Crippen LogP contribution in [0, 0.1) is 25.7 Å². The summed E-state index contributed by atoms with van der Waals surface area (Å²) < 4.78 is 0. The van der Waals surface area contributed by atoms with Crippen molar-refractivity contribution >= 4 is 23.4 Å². The Morgan fingerprint density at radius 3 is 2.50 bits per heavy atom. The Hall–Kier alpha value is -3.03. The molecule has 0 bridgehead atoms. The van der Waals surface area contributed by atoms with Gasteiger partial charge in [-0.05, 0) is 38.3 Å². The summed E-state index contributed by atoms with van der Waals surface area (Å²) in [5.41, 5.74) is 2.90. The normalized spacial score (nSPS) is 29.4. The second-order valence-corrected chi connectivity index (χ2v) is 9.24. The molecule has 2 fully saturated rings. The van der Waals surface area contributed by atoms with E-state index in [9.17, 15) is 19.5 Å². The molecule has 7 heteroatoms. The Balaban J connectivity index is 1.58. The van der Waals surface area contributed by atoms with Gasteiger partial charge in [0.1, 0.15) is 5.54 Å². The van der Waals surface area contributed by atoms with Crippen LogP contribution in [0.1, 0.15) is 29.2 Å². The highest BCUT2D eigenvalue weighted by atomic mass is 16.3. The van der Waals surface area contributed by atoms with Gasteiger partial charge < -0.3 is 10.4 Å². The minimum absolute atomic E-state index is 0.249.